The van der Waals surface area contributed by atoms with E-state index in [1.807, 2.05) is 7.11 Å². The van der Waals surface area contributed by atoms with E-state index in [-0.39, 0.29) is 0 Å². The summed E-state index contributed by atoms with van der Waals surface area (Å²) in [5.74, 6) is 1.74. The lowest BCUT2D eigenvalue weighted by molar-refractivity contribution is 0.00416. The molecule has 0 aliphatic heterocycles. The molecule has 0 aromatic heterocycles. The Morgan fingerprint density at radius 3 is 2.17 bits per heavy atom. The number of rotatable bonds is 6. The predicted octanol–water partition coefficient (Wildman–Crippen LogP) is 3.75. The van der Waals surface area contributed by atoms with Crippen LogP contribution < -0.4 is 5.32 Å². The summed E-state index contributed by atoms with van der Waals surface area (Å²) in [4.78, 5) is 0. The van der Waals surface area contributed by atoms with Gasteiger partial charge in [-0.15, -0.1) is 0 Å². The van der Waals surface area contributed by atoms with Gasteiger partial charge in [-0.05, 0) is 38.1 Å². The topological polar surface area (TPSA) is 21.3 Å². The zero-order chi connectivity index (χ0) is 12.8. The number of hydrogen-bond donors (Lipinski definition) is 1. The minimum Gasteiger partial charge on any atom is -0.380 e. The summed E-state index contributed by atoms with van der Waals surface area (Å²) in [7, 11) is 4.03. The van der Waals surface area contributed by atoms with Crippen LogP contribution in [0.1, 0.15) is 64.2 Å². The van der Waals surface area contributed by atoms with Crippen LogP contribution in [-0.4, -0.2) is 26.3 Å². The lowest BCUT2D eigenvalue weighted by Crippen LogP contribution is -2.45. The number of likely N-dealkylation sites (N-methyl/N-ethyl adjacent to an activating group) is 1. The van der Waals surface area contributed by atoms with Crippen LogP contribution in [-0.2, 0) is 4.74 Å². The van der Waals surface area contributed by atoms with Gasteiger partial charge in [0.2, 0.25) is 0 Å². The zero-order valence-corrected chi connectivity index (χ0v) is 12.3. The highest BCUT2D eigenvalue weighted by Gasteiger charge is 2.31. The van der Waals surface area contributed by atoms with Crippen molar-refractivity contribution in [2.45, 2.75) is 76.4 Å². The smallest absolute Gasteiger partial charge is 0.0752 e. The average Bonchev–Trinajstić information content (AvgIpc) is 2.92. The first kappa shape index (κ1) is 14.3. The molecule has 1 N–H and O–H groups in total. The molecule has 0 saturated heterocycles. The van der Waals surface area contributed by atoms with Gasteiger partial charge in [0.05, 0.1) is 6.10 Å². The maximum Gasteiger partial charge on any atom is 0.0752 e. The molecule has 2 aliphatic carbocycles. The van der Waals surface area contributed by atoms with Crippen molar-refractivity contribution in [1.82, 2.24) is 5.32 Å². The summed E-state index contributed by atoms with van der Waals surface area (Å²) in [6.07, 6.45) is 14.5. The standard InChI is InChI=1S/C16H31NO/c1-17-15(12-13-8-6-7-9-13)16(18-2)14-10-4-3-5-11-14/h13-17H,3-12H2,1-2H3. The number of nitrogens with one attached hydrogen (secondary N) is 1. The fourth-order valence-electron chi connectivity index (χ4n) is 4.17. The molecule has 0 amide bonds. The number of methoxy groups -OCH3 is 1. The summed E-state index contributed by atoms with van der Waals surface area (Å²) in [5, 5.41) is 3.55. The molecule has 2 atom stereocenters. The molecule has 2 nitrogen and oxygen atoms in total. The van der Waals surface area contributed by atoms with E-state index in [2.05, 4.69) is 12.4 Å². The fraction of sp³-hybridized carbons (Fsp3) is 1.00. The molecule has 0 radical (unpaired) electrons. The Labute approximate surface area is 113 Å². The Hall–Kier alpha value is -0.0800. The normalized spacial score (nSPS) is 26.3. The van der Waals surface area contributed by atoms with E-state index < -0.39 is 0 Å². The third-order valence-corrected chi connectivity index (χ3v) is 5.22. The van der Waals surface area contributed by atoms with Crippen LogP contribution >= 0.6 is 0 Å². The molecule has 2 unspecified atom stereocenters. The van der Waals surface area contributed by atoms with Crippen molar-refractivity contribution in [3.05, 3.63) is 0 Å². The fourth-order valence-corrected chi connectivity index (χ4v) is 4.17. The molecule has 0 spiro atoms. The van der Waals surface area contributed by atoms with Crippen molar-refractivity contribution in [3.63, 3.8) is 0 Å². The van der Waals surface area contributed by atoms with Crippen LogP contribution in [0.15, 0.2) is 0 Å². The Morgan fingerprint density at radius 2 is 1.61 bits per heavy atom. The maximum absolute atomic E-state index is 5.89. The summed E-state index contributed by atoms with van der Waals surface area (Å²) >= 11 is 0. The first-order chi connectivity index (χ1) is 8.85. The Kier molecular flexibility index (Phi) is 5.97. The van der Waals surface area contributed by atoms with Crippen LogP contribution in [0.25, 0.3) is 0 Å². The Bertz CT molecular complexity index is 219. The lowest BCUT2D eigenvalue weighted by Gasteiger charge is -2.36. The Morgan fingerprint density at radius 1 is 1.00 bits per heavy atom. The highest BCUT2D eigenvalue weighted by atomic mass is 16.5. The Balaban J connectivity index is 1.89. The molecule has 0 bridgehead atoms. The van der Waals surface area contributed by atoms with Crippen molar-refractivity contribution in [3.8, 4) is 0 Å². The van der Waals surface area contributed by atoms with Crippen LogP contribution in [0.5, 0.6) is 0 Å². The van der Waals surface area contributed by atoms with Gasteiger partial charge in [-0.1, -0.05) is 44.9 Å². The summed E-state index contributed by atoms with van der Waals surface area (Å²) in [6, 6.07) is 0.571. The maximum atomic E-state index is 5.89. The van der Waals surface area contributed by atoms with Crippen LogP contribution in [0, 0.1) is 11.8 Å². The van der Waals surface area contributed by atoms with Crippen LogP contribution in [0.3, 0.4) is 0 Å². The van der Waals surface area contributed by atoms with Crippen molar-refractivity contribution < 1.29 is 4.74 Å². The molecule has 0 heterocycles. The molecule has 2 rings (SSSR count). The van der Waals surface area contributed by atoms with Gasteiger partial charge in [-0.3, -0.25) is 0 Å². The van der Waals surface area contributed by atoms with Gasteiger partial charge in [0.1, 0.15) is 0 Å². The second kappa shape index (κ2) is 7.49. The quantitative estimate of drug-likeness (QED) is 0.778. The molecule has 0 aromatic carbocycles. The van der Waals surface area contributed by atoms with Gasteiger partial charge < -0.3 is 10.1 Å². The lowest BCUT2D eigenvalue weighted by atomic mass is 9.80. The predicted molar refractivity (Wildman–Crippen MR) is 76.8 cm³/mol. The van der Waals surface area contributed by atoms with Crippen molar-refractivity contribution in [1.29, 1.82) is 0 Å². The number of ether oxygens (including phenoxy) is 1. The monoisotopic (exact) mass is 253 g/mol. The largest absolute Gasteiger partial charge is 0.380 e. The minimum absolute atomic E-state index is 0.441. The minimum atomic E-state index is 0.441. The number of hydrogen-bond acceptors (Lipinski definition) is 2. The molecule has 0 aromatic rings. The van der Waals surface area contributed by atoms with Gasteiger partial charge >= 0.3 is 0 Å². The highest BCUT2D eigenvalue weighted by Crippen LogP contribution is 2.34. The summed E-state index contributed by atoms with van der Waals surface area (Å²) in [5.41, 5.74) is 0. The van der Waals surface area contributed by atoms with Gasteiger partial charge in [-0.25, -0.2) is 0 Å². The molecular weight excluding hydrogens is 222 g/mol. The van der Waals surface area contributed by atoms with E-state index in [4.69, 9.17) is 4.74 Å². The van der Waals surface area contributed by atoms with E-state index in [0.717, 1.165) is 11.8 Å². The molecule has 18 heavy (non-hydrogen) atoms. The molecule has 2 saturated carbocycles. The first-order valence-electron chi connectivity index (χ1n) is 8.05. The van der Waals surface area contributed by atoms with Gasteiger partial charge in [0.25, 0.3) is 0 Å². The molecule has 2 fully saturated rings. The third-order valence-electron chi connectivity index (χ3n) is 5.22. The summed E-state index contributed by atoms with van der Waals surface area (Å²) < 4.78 is 5.89. The first-order valence-corrected chi connectivity index (χ1v) is 8.05. The third kappa shape index (κ3) is 3.71. The SMILES string of the molecule is CNC(CC1CCCC1)C(OC)C1CCCCC1. The van der Waals surface area contributed by atoms with Crippen LogP contribution in [0.4, 0.5) is 0 Å². The second-order valence-corrected chi connectivity index (χ2v) is 6.38. The molecule has 106 valence electrons. The molecular formula is C16H31NO. The van der Waals surface area contributed by atoms with E-state index in [1.165, 1.54) is 64.2 Å². The van der Waals surface area contributed by atoms with Gasteiger partial charge in [0, 0.05) is 13.2 Å². The van der Waals surface area contributed by atoms with E-state index in [0.29, 0.717) is 12.1 Å². The summed E-state index contributed by atoms with van der Waals surface area (Å²) in [6.45, 7) is 0. The van der Waals surface area contributed by atoms with Gasteiger partial charge in [-0.2, -0.15) is 0 Å². The highest BCUT2D eigenvalue weighted by molar-refractivity contribution is 4.86. The molecule has 2 heteroatoms. The van der Waals surface area contributed by atoms with E-state index in [1.54, 1.807) is 0 Å². The second-order valence-electron chi connectivity index (χ2n) is 6.38. The van der Waals surface area contributed by atoms with E-state index in [9.17, 15) is 0 Å². The van der Waals surface area contributed by atoms with Gasteiger partial charge in [0.15, 0.2) is 0 Å². The van der Waals surface area contributed by atoms with Crippen molar-refractivity contribution in [2.75, 3.05) is 14.2 Å². The molecule has 2 aliphatic rings. The van der Waals surface area contributed by atoms with Crippen LogP contribution in [0.2, 0.25) is 0 Å². The zero-order valence-electron chi connectivity index (χ0n) is 12.3. The van der Waals surface area contributed by atoms with Crippen molar-refractivity contribution >= 4 is 0 Å². The van der Waals surface area contributed by atoms with E-state index >= 15 is 0 Å². The average molecular weight is 253 g/mol. The van der Waals surface area contributed by atoms with Crippen molar-refractivity contribution in [2.24, 2.45) is 11.8 Å².